The minimum Gasteiger partial charge on any atom is -0.494 e. The quantitative estimate of drug-likeness (QED) is 0.259. The van der Waals surface area contributed by atoms with Gasteiger partial charge >= 0.3 is 0 Å². The van der Waals surface area contributed by atoms with Gasteiger partial charge in [-0.3, -0.25) is 10.3 Å². The first kappa shape index (κ1) is 21.4. The number of nitrogens with one attached hydrogen (secondary N) is 1. The maximum absolute atomic E-state index is 5.88. The number of rotatable bonds is 9. The fourth-order valence-corrected chi connectivity index (χ4v) is 2.71. The molecule has 0 heterocycles. The van der Waals surface area contributed by atoms with Crippen LogP contribution in [-0.2, 0) is 11.4 Å². The van der Waals surface area contributed by atoms with Crippen LogP contribution >= 0.6 is 0 Å². The number of para-hydroxylation sites is 1. The molecule has 0 bridgehead atoms. The van der Waals surface area contributed by atoms with Crippen LogP contribution in [0.5, 0.6) is 17.2 Å². The van der Waals surface area contributed by atoms with Gasteiger partial charge in [-0.25, -0.2) is 4.99 Å². The lowest BCUT2D eigenvalue weighted by molar-refractivity contribution is 0.0683. The molecule has 3 aromatic carbocycles. The Kier molecular flexibility index (Phi) is 7.86. The molecule has 0 aliphatic heterocycles. The first-order valence-corrected chi connectivity index (χ1v) is 10.1. The summed E-state index contributed by atoms with van der Waals surface area (Å²) in [6.45, 7) is 7.14. The normalized spacial score (nSPS) is 11.4. The highest BCUT2D eigenvalue weighted by Crippen LogP contribution is 2.22. The van der Waals surface area contributed by atoms with Crippen molar-refractivity contribution < 1.29 is 14.3 Å². The van der Waals surface area contributed by atoms with E-state index in [1.54, 1.807) is 0 Å². The van der Waals surface area contributed by atoms with Crippen molar-refractivity contribution in [3.63, 3.8) is 0 Å². The van der Waals surface area contributed by atoms with Gasteiger partial charge in [-0.15, -0.1) is 0 Å². The highest BCUT2D eigenvalue weighted by Gasteiger charge is 2.07. The first-order valence-electron chi connectivity index (χ1n) is 10.1. The monoisotopic (exact) mass is 404 g/mol. The second-order valence-electron chi connectivity index (χ2n) is 7.03. The van der Waals surface area contributed by atoms with E-state index in [4.69, 9.17) is 14.3 Å². The van der Waals surface area contributed by atoms with Crippen LogP contribution in [0.1, 0.15) is 26.3 Å². The molecule has 0 aliphatic carbocycles. The van der Waals surface area contributed by atoms with Crippen molar-refractivity contribution in [3.8, 4) is 17.2 Å². The molecule has 0 atom stereocenters. The number of ether oxygens (including phenoxy) is 2. The Morgan fingerprint density at radius 2 is 1.60 bits per heavy atom. The highest BCUT2D eigenvalue weighted by molar-refractivity contribution is 5.85. The van der Waals surface area contributed by atoms with E-state index in [1.165, 1.54) is 0 Å². The average molecular weight is 405 g/mol. The van der Waals surface area contributed by atoms with Gasteiger partial charge in [-0.1, -0.05) is 44.2 Å². The Balaban J connectivity index is 1.58. The van der Waals surface area contributed by atoms with Gasteiger partial charge in [0.25, 0.3) is 0 Å². The molecule has 0 aliphatic rings. The number of hydrogen-bond donors (Lipinski definition) is 1. The van der Waals surface area contributed by atoms with Crippen molar-refractivity contribution in [2.45, 2.75) is 27.4 Å². The lowest BCUT2D eigenvalue weighted by Gasteiger charge is -2.14. The van der Waals surface area contributed by atoms with Crippen LogP contribution in [0, 0.1) is 5.92 Å². The highest BCUT2D eigenvalue weighted by atomic mass is 16.6. The lowest BCUT2D eigenvalue weighted by Crippen LogP contribution is -2.28. The smallest absolute Gasteiger partial charge is 0.129 e. The molecule has 0 radical (unpaired) electrons. The molecule has 5 nitrogen and oxygen atoms in total. The molecule has 156 valence electrons. The van der Waals surface area contributed by atoms with E-state index >= 15 is 0 Å². The van der Waals surface area contributed by atoms with Gasteiger partial charge in [0.1, 0.15) is 23.1 Å². The zero-order chi connectivity index (χ0) is 21.2. The Hall–Kier alpha value is -3.31. The summed E-state index contributed by atoms with van der Waals surface area (Å²) in [5, 5.41) is 0. The van der Waals surface area contributed by atoms with Gasteiger partial charge in [0.2, 0.25) is 0 Å². The largest absolute Gasteiger partial charge is 0.494 e. The van der Waals surface area contributed by atoms with Crippen molar-refractivity contribution >= 4 is 11.5 Å². The zero-order valence-corrected chi connectivity index (χ0v) is 17.7. The summed E-state index contributed by atoms with van der Waals surface area (Å²) < 4.78 is 11.4. The third kappa shape index (κ3) is 6.64. The van der Waals surface area contributed by atoms with Gasteiger partial charge in [-0.05, 0) is 61.0 Å². The van der Waals surface area contributed by atoms with E-state index < -0.39 is 0 Å². The topological polar surface area (TPSA) is 52.1 Å². The third-order valence-electron chi connectivity index (χ3n) is 4.24. The van der Waals surface area contributed by atoms with Crippen molar-refractivity contribution in [2.75, 3.05) is 6.61 Å². The van der Waals surface area contributed by atoms with Crippen LogP contribution in [0.4, 0.5) is 5.69 Å². The SMILES string of the molecule is CCOc1ccc(N=C(NOCc2cccc(Oc3ccccc3)c2)C(C)C)cc1. The summed E-state index contributed by atoms with van der Waals surface area (Å²) in [5.74, 6) is 3.36. The standard InChI is InChI=1S/C25H28N2O3/c1-4-28-22-15-13-21(14-16-22)26-25(19(2)3)27-29-18-20-9-8-12-24(17-20)30-23-10-6-5-7-11-23/h5-17,19H,4,18H2,1-3H3,(H,26,27). The Bertz CT molecular complexity index is 938. The van der Waals surface area contributed by atoms with E-state index in [0.29, 0.717) is 13.2 Å². The van der Waals surface area contributed by atoms with Gasteiger partial charge in [0, 0.05) is 5.92 Å². The molecule has 0 spiro atoms. The first-order chi connectivity index (χ1) is 14.6. The number of nitrogens with zero attached hydrogens (tertiary/aromatic N) is 1. The molecule has 3 rings (SSSR count). The van der Waals surface area contributed by atoms with Gasteiger partial charge in [0.15, 0.2) is 0 Å². The molecule has 0 unspecified atom stereocenters. The average Bonchev–Trinajstić information content (AvgIpc) is 2.75. The summed E-state index contributed by atoms with van der Waals surface area (Å²) in [5.41, 5.74) is 4.85. The molecule has 0 fully saturated rings. The van der Waals surface area contributed by atoms with Crippen molar-refractivity contribution in [3.05, 3.63) is 84.4 Å². The predicted octanol–water partition coefficient (Wildman–Crippen LogP) is 6.29. The maximum atomic E-state index is 5.88. The summed E-state index contributed by atoms with van der Waals surface area (Å²) in [4.78, 5) is 10.4. The number of aliphatic imine (C=N–C) groups is 1. The molecule has 0 amide bonds. The Morgan fingerprint density at radius 3 is 2.30 bits per heavy atom. The fourth-order valence-electron chi connectivity index (χ4n) is 2.71. The molecule has 3 aromatic rings. The molecule has 30 heavy (non-hydrogen) atoms. The maximum Gasteiger partial charge on any atom is 0.129 e. The lowest BCUT2D eigenvalue weighted by atomic mass is 10.2. The minimum absolute atomic E-state index is 0.185. The van der Waals surface area contributed by atoms with Crippen LogP contribution in [0.15, 0.2) is 83.9 Å². The van der Waals surface area contributed by atoms with Crippen LogP contribution < -0.4 is 15.0 Å². The van der Waals surface area contributed by atoms with Gasteiger partial charge in [-0.2, -0.15) is 0 Å². The number of benzene rings is 3. The van der Waals surface area contributed by atoms with E-state index in [-0.39, 0.29) is 5.92 Å². The van der Waals surface area contributed by atoms with Crippen LogP contribution in [0.25, 0.3) is 0 Å². The zero-order valence-electron chi connectivity index (χ0n) is 17.7. The summed E-state index contributed by atoms with van der Waals surface area (Å²) >= 11 is 0. The fraction of sp³-hybridized carbons (Fsp3) is 0.240. The second kappa shape index (κ2) is 11.0. The number of amidine groups is 1. The predicted molar refractivity (Wildman–Crippen MR) is 120 cm³/mol. The van der Waals surface area contributed by atoms with Crippen molar-refractivity contribution in [1.29, 1.82) is 0 Å². The van der Waals surface area contributed by atoms with Crippen LogP contribution in [-0.4, -0.2) is 12.4 Å². The van der Waals surface area contributed by atoms with Crippen molar-refractivity contribution in [2.24, 2.45) is 10.9 Å². The molecule has 0 aromatic heterocycles. The molecule has 0 saturated heterocycles. The van der Waals surface area contributed by atoms with E-state index in [0.717, 1.165) is 34.3 Å². The second-order valence-corrected chi connectivity index (χ2v) is 7.03. The summed E-state index contributed by atoms with van der Waals surface area (Å²) in [7, 11) is 0. The molecule has 5 heteroatoms. The molecular formula is C25H28N2O3. The molecule has 1 N–H and O–H groups in total. The number of hydroxylamine groups is 1. The van der Waals surface area contributed by atoms with Crippen LogP contribution in [0.2, 0.25) is 0 Å². The van der Waals surface area contributed by atoms with E-state index in [9.17, 15) is 0 Å². The minimum atomic E-state index is 0.185. The van der Waals surface area contributed by atoms with Crippen LogP contribution in [0.3, 0.4) is 0 Å². The van der Waals surface area contributed by atoms with E-state index in [2.05, 4.69) is 24.3 Å². The van der Waals surface area contributed by atoms with Crippen molar-refractivity contribution in [1.82, 2.24) is 5.48 Å². The molecular weight excluding hydrogens is 376 g/mol. The van der Waals surface area contributed by atoms with Gasteiger partial charge < -0.3 is 9.47 Å². The third-order valence-corrected chi connectivity index (χ3v) is 4.24. The summed E-state index contributed by atoms with van der Waals surface area (Å²) in [6, 6.07) is 25.2. The van der Waals surface area contributed by atoms with Gasteiger partial charge in [0.05, 0.1) is 18.9 Å². The Morgan fingerprint density at radius 1 is 0.867 bits per heavy atom. The number of hydrogen-bond acceptors (Lipinski definition) is 4. The summed E-state index contributed by atoms with van der Waals surface area (Å²) in [6.07, 6.45) is 0. The van der Waals surface area contributed by atoms with E-state index in [1.807, 2.05) is 85.8 Å². The Labute approximate surface area is 178 Å². The molecule has 0 saturated carbocycles.